The normalized spacial score (nSPS) is 10.9. The van der Waals surface area contributed by atoms with Crippen molar-refractivity contribution in [2.24, 2.45) is 0 Å². The van der Waals surface area contributed by atoms with E-state index in [-0.39, 0.29) is 11.5 Å². The fourth-order valence-electron chi connectivity index (χ4n) is 2.54. The summed E-state index contributed by atoms with van der Waals surface area (Å²) in [6, 6.07) is 17.0. The minimum Gasteiger partial charge on any atom is -0.497 e. The van der Waals surface area contributed by atoms with E-state index in [9.17, 15) is 13.2 Å². The van der Waals surface area contributed by atoms with E-state index < -0.39 is 15.9 Å². The topological polar surface area (TPSA) is 93.7 Å². The number of amides is 1. The largest absolute Gasteiger partial charge is 0.497 e. The van der Waals surface area contributed by atoms with Crippen LogP contribution in [0, 0.1) is 0 Å². The van der Waals surface area contributed by atoms with Crippen LogP contribution >= 0.6 is 23.2 Å². The summed E-state index contributed by atoms with van der Waals surface area (Å²) in [5.41, 5.74) is 0.853. The van der Waals surface area contributed by atoms with E-state index in [2.05, 4.69) is 10.0 Å². The van der Waals surface area contributed by atoms with Gasteiger partial charge in [-0.2, -0.15) is 0 Å². The predicted molar refractivity (Wildman–Crippen MR) is 121 cm³/mol. The summed E-state index contributed by atoms with van der Waals surface area (Å²) in [5, 5.41) is 3.33. The molecule has 31 heavy (non-hydrogen) atoms. The maximum absolute atomic E-state index is 12.6. The maximum atomic E-state index is 12.6. The summed E-state index contributed by atoms with van der Waals surface area (Å²) in [7, 11) is -2.30. The average molecular weight is 481 g/mol. The fourth-order valence-corrected chi connectivity index (χ4v) is 3.88. The summed E-state index contributed by atoms with van der Waals surface area (Å²) >= 11 is 11.8. The lowest BCUT2D eigenvalue weighted by atomic mass is 10.3. The summed E-state index contributed by atoms with van der Waals surface area (Å²) in [6.07, 6.45) is 0. The highest BCUT2D eigenvalue weighted by molar-refractivity contribution is 7.92. The van der Waals surface area contributed by atoms with E-state index >= 15 is 0 Å². The molecule has 0 aliphatic rings. The van der Waals surface area contributed by atoms with Crippen molar-refractivity contribution in [3.63, 3.8) is 0 Å². The first-order chi connectivity index (χ1) is 14.8. The van der Waals surface area contributed by atoms with Crippen molar-refractivity contribution in [2.75, 3.05) is 23.8 Å². The van der Waals surface area contributed by atoms with Crippen LogP contribution in [0.3, 0.4) is 0 Å². The Bertz CT molecular complexity index is 1180. The van der Waals surface area contributed by atoms with Crippen LogP contribution in [0.25, 0.3) is 0 Å². The quantitative estimate of drug-likeness (QED) is 0.481. The number of hydrogen-bond acceptors (Lipinski definition) is 5. The van der Waals surface area contributed by atoms with Crippen LogP contribution in [0.15, 0.2) is 71.6 Å². The summed E-state index contributed by atoms with van der Waals surface area (Å²) in [5.74, 6) is 0.461. The second kappa shape index (κ2) is 9.91. The number of hydrogen-bond donors (Lipinski definition) is 2. The Labute approximate surface area is 189 Å². The van der Waals surface area contributed by atoms with Crippen LogP contribution in [0.2, 0.25) is 10.0 Å². The molecule has 0 radical (unpaired) electrons. The van der Waals surface area contributed by atoms with E-state index in [1.807, 2.05) is 0 Å². The molecule has 1 amide bonds. The van der Waals surface area contributed by atoms with Crippen LogP contribution in [-0.2, 0) is 14.8 Å². The molecule has 0 aliphatic carbocycles. The van der Waals surface area contributed by atoms with Crippen LogP contribution in [0.4, 0.5) is 11.4 Å². The molecule has 0 bridgehead atoms. The molecule has 162 valence electrons. The lowest BCUT2D eigenvalue weighted by Gasteiger charge is -2.11. The van der Waals surface area contributed by atoms with Crippen LogP contribution in [0.1, 0.15) is 0 Å². The fraction of sp³-hybridized carbons (Fsp3) is 0.0952. The van der Waals surface area contributed by atoms with Crippen molar-refractivity contribution in [3.8, 4) is 11.5 Å². The van der Waals surface area contributed by atoms with Gasteiger partial charge in [-0.3, -0.25) is 9.52 Å². The molecule has 10 heteroatoms. The second-order valence-electron chi connectivity index (χ2n) is 6.27. The molecule has 2 N–H and O–H groups in total. The Morgan fingerprint density at radius 1 is 0.903 bits per heavy atom. The third kappa shape index (κ3) is 6.27. The zero-order chi connectivity index (χ0) is 22.4. The minimum atomic E-state index is -3.80. The van der Waals surface area contributed by atoms with Crippen molar-refractivity contribution in [1.29, 1.82) is 0 Å². The van der Waals surface area contributed by atoms with Crippen molar-refractivity contribution in [1.82, 2.24) is 0 Å². The first-order valence-electron chi connectivity index (χ1n) is 8.91. The Balaban J connectivity index is 1.58. The lowest BCUT2D eigenvalue weighted by Crippen LogP contribution is -2.20. The summed E-state index contributed by atoms with van der Waals surface area (Å²) in [4.78, 5) is 12.1. The van der Waals surface area contributed by atoms with Gasteiger partial charge in [0.2, 0.25) is 0 Å². The number of nitrogens with one attached hydrogen (secondary N) is 2. The van der Waals surface area contributed by atoms with Crippen molar-refractivity contribution in [3.05, 3.63) is 76.8 Å². The van der Waals surface area contributed by atoms with Crippen molar-refractivity contribution >= 4 is 50.5 Å². The highest BCUT2D eigenvalue weighted by atomic mass is 35.5. The standard InChI is InChI=1S/C21H18Cl2N2O5S/c1-29-17-4-2-3-15(11-17)25-31(27,28)18-8-6-16(7-9-18)30-13-21(26)24-14-5-10-19(22)20(23)12-14/h2-12,25H,13H2,1H3,(H,24,26). The number of sulfonamides is 1. The lowest BCUT2D eigenvalue weighted by molar-refractivity contribution is -0.118. The number of anilines is 2. The molecule has 0 fully saturated rings. The molecule has 0 atom stereocenters. The van der Waals surface area contributed by atoms with Gasteiger partial charge in [-0.25, -0.2) is 8.42 Å². The molecular formula is C21H18Cl2N2O5S. The Kier molecular flexibility index (Phi) is 7.27. The zero-order valence-electron chi connectivity index (χ0n) is 16.3. The van der Waals surface area contributed by atoms with Crippen molar-refractivity contribution in [2.45, 2.75) is 4.90 Å². The number of benzene rings is 3. The Hall–Kier alpha value is -2.94. The maximum Gasteiger partial charge on any atom is 0.262 e. The second-order valence-corrected chi connectivity index (χ2v) is 8.77. The van der Waals surface area contributed by atoms with Crippen LogP contribution in [-0.4, -0.2) is 28.0 Å². The molecule has 0 aliphatic heterocycles. The van der Waals surface area contributed by atoms with Gasteiger partial charge in [0.1, 0.15) is 11.5 Å². The first kappa shape index (κ1) is 22.7. The highest BCUT2D eigenvalue weighted by Crippen LogP contribution is 2.25. The van der Waals surface area contributed by atoms with E-state index in [0.717, 1.165) is 0 Å². The van der Waals surface area contributed by atoms with E-state index in [1.54, 1.807) is 36.4 Å². The Morgan fingerprint density at radius 2 is 1.65 bits per heavy atom. The molecule has 3 rings (SSSR count). The van der Waals surface area contributed by atoms with Crippen LogP contribution in [0.5, 0.6) is 11.5 Å². The van der Waals surface area contributed by atoms with Gasteiger partial charge < -0.3 is 14.8 Å². The van der Waals surface area contributed by atoms with Gasteiger partial charge in [-0.15, -0.1) is 0 Å². The molecule has 0 unspecified atom stereocenters. The molecule has 3 aromatic rings. The van der Waals surface area contributed by atoms with Gasteiger partial charge in [-0.1, -0.05) is 29.3 Å². The average Bonchev–Trinajstić information content (AvgIpc) is 2.75. The third-order valence-electron chi connectivity index (χ3n) is 4.03. The number of halogens is 2. The van der Waals surface area contributed by atoms with Gasteiger partial charge >= 0.3 is 0 Å². The minimum absolute atomic E-state index is 0.0444. The van der Waals surface area contributed by atoms with Crippen LogP contribution < -0.4 is 19.5 Å². The van der Waals surface area contributed by atoms with E-state index in [0.29, 0.717) is 32.9 Å². The van der Waals surface area contributed by atoms with Gasteiger partial charge in [-0.05, 0) is 54.6 Å². The van der Waals surface area contributed by atoms with Gasteiger partial charge in [0.15, 0.2) is 6.61 Å². The number of carbonyl (C=O) groups is 1. The summed E-state index contributed by atoms with van der Waals surface area (Å²) in [6.45, 7) is -0.269. The number of ether oxygens (including phenoxy) is 2. The molecule has 0 aromatic heterocycles. The Morgan fingerprint density at radius 3 is 2.32 bits per heavy atom. The molecule has 7 nitrogen and oxygen atoms in total. The molecule has 0 spiro atoms. The van der Waals surface area contributed by atoms with Crippen molar-refractivity contribution < 1.29 is 22.7 Å². The van der Waals surface area contributed by atoms with Gasteiger partial charge in [0, 0.05) is 11.8 Å². The third-order valence-corrected chi connectivity index (χ3v) is 6.17. The number of carbonyl (C=O) groups excluding carboxylic acids is 1. The van der Waals surface area contributed by atoms with Gasteiger partial charge in [0.05, 0.1) is 27.7 Å². The van der Waals surface area contributed by atoms with E-state index in [4.69, 9.17) is 32.7 Å². The zero-order valence-corrected chi connectivity index (χ0v) is 18.6. The molecular weight excluding hydrogens is 463 g/mol. The molecule has 3 aromatic carbocycles. The highest BCUT2D eigenvalue weighted by Gasteiger charge is 2.15. The monoisotopic (exact) mass is 480 g/mol. The number of methoxy groups -OCH3 is 1. The summed E-state index contributed by atoms with van der Waals surface area (Å²) < 4.78 is 38.1. The molecule has 0 saturated carbocycles. The smallest absolute Gasteiger partial charge is 0.262 e. The van der Waals surface area contributed by atoms with E-state index in [1.165, 1.54) is 37.4 Å². The number of rotatable bonds is 8. The predicted octanol–water partition coefficient (Wildman–Crippen LogP) is 4.82. The molecule has 0 saturated heterocycles. The first-order valence-corrected chi connectivity index (χ1v) is 11.2. The SMILES string of the molecule is COc1cccc(NS(=O)(=O)c2ccc(OCC(=O)Nc3ccc(Cl)c(Cl)c3)cc2)c1. The molecule has 0 heterocycles. The van der Waals surface area contributed by atoms with Gasteiger partial charge in [0.25, 0.3) is 15.9 Å².